The van der Waals surface area contributed by atoms with E-state index in [1.54, 1.807) is 19.1 Å². The number of carbonyl (C=O) groups is 1. The third-order valence-corrected chi connectivity index (χ3v) is 4.36. The molecule has 8 heteroatoms. The number of esters is 1. The van der Waals surface area contributed by atoms with E-state index in [4.69, 9.17) is 4.74 Å². The number of aromatic nitrogens is 3. The summed E-state index contributed by atoms with van der Waals surface area (Å²) in [6.07, 6.45) is 0. The van der Waals surface area contributed by atoms with Crippen molar-refractivity contribution in [2.24, 2.45) is 0 Å². The van der Waals surface area contributed by atoms with Crippen LogP contribution in [-0.2, 0) is 4.74 Å². The Bertz CT molecular complexity index is 1230. The lowest BCUT2D eigenvalue weighted by molar-refractivity contribution is -0.389. The van der Waals surface area contributed by atoms with Crippen LogP contribution in [0.1, 0.15) is 17.4 Å². The summed E-state index contributed by atoms with van der Waals surface area (Å²) in [5.41, 5.74) is 1.47. The van der Waals surface area contributed by atoms with Crippen LogP contribution in [0.25, 0.3) is 27.8 Å². The van der Waals surface area contributed by atoms with E-state index in [9.17, 15) is 14.9 Å². The highest BCUT2D eigenvalue weighted by Gasteiger charge is 2.21. The van der Waals surface area contributed by atoms with Crippen LogP contribution >= 0.6 is 0 Å². The summed E-state index contributed by atoms with van der Waals surface area (Å²) in [4.78, 5) is 26.8. The number of rotatable bonds is 5. The average molecular weight is 388 g/mol. The predicted octanol–water partition coefficient (Wildman–Crippen LogP) is 4.17. The van der Waals surface area contributed by atoms with E-state index in [1.807, 2.05) is 42.5 Å². The van der Waals surface area contributed by atoms with Crippen molar-refractivity contribution in [1.82, 2.24) is 14.8 Å². The zero-order chi connectivity index (χ0) is 20.4. The molecule has 2 aromatic carbocycles. The minimum absolute atomic E-state index is 0.100. The summed E-state index contributed by atoms with van der Waals surface area (Å²) < 4.78 is 6.48. The van der Waals surface area contributed by atoms with Crippen LogP contribution in [-0.4, -0.2) is 32.3 Å². The average Bonchev–Trinajstić information content (AvgIpc) is 3.19. The van der Waals surface area contributed by atoms with Gasteiger partial charge in [0.25, 0.3) is 5.82 Å². The standard InChI is InChI=1S/C21H16N4O4/c1-2-29-21(26)17-13-18(16-11-10-14-6-3-4-7-15(14)12-16)24(23-17)19-8-5-9-20(22-19)25(27)28/h3-13H,2H2,1H3. The van der Waals surface area contributed by atoms with Crippen LogP contribution in [0, 0.1) is 10.1 Å². The highest BCUT2D eigenvalue weighted by atomic mass is 16.6. The minimum Gasteiger partial charge on any atom is -0.461 e. The second kappa shape index (κ2) is 7.51. The van der Waals surface area contributed by atoms with Gasteiger partial charge in [-0.1, -0.05) is 36.4 Å². The molecule has 0 amide bonds. The Morgan fingerprint density at radius 1 is 1.07 bits per heavy atom. The zero-order valence-electron chi connectivity index (χ0n) is 15.5. The van der Waals surface area contributed by atoms with Gasteiger partial charge in [0.1, 0.15) is 0 Å². The number of pyridine rings is 1. The summed E-state index contributed by atoms with van der Waals surface area (Å²) >= 11 is 0. The maximum absolute atomic E-state index is 12.2. The number of ether oxygens (including phenoxy) is 1. The molecule has 0 N–H and O–H groups in total. The van der Waals surface area contributed by atoms with Crippen molar-refractivity contribution in [2.75, 3.05) is 6.61 Å². The number of fused-ring (bicyclic) bond motifs is 1. The summed E-state index contributed by atoms with van der Waals surface area (Å²) in [6, 6.07) is 19.7. The molecule has 144 valence electrons. The molecule has 29 heavy (non-hydrogen) atoms. The maximum atomic E-state index is 12.2. The minimum atomic E-state index is -0.574. The van der Waals surface area contributed by atoms with Gasteiger partial charge in [0.15, 0.2) is 5.69 Å². The smallest absolute Gasteiger partial charge is 0.365 e. The monoisotopic (exact) mass is 388 g/mol. The van der Waals surface area contributed by atoms with E-state index in [-0.39, 0.29) is 23.9 Å². The van der Waals surface area contributed by atoms with Crippen molar-refractivity contribution in [3.63, 3.8) is 0 Å². The molecule has 0 radical (unpaired) electrons. The van der Waals surface area contributed by atoms with Gasteiger partial charge in [-0.2, -0.15) is 9.78 Å². The second-order valence-corrected chi connectivity index (χ2v) is 6.22. The quantitative estimate of drug-likeness (QED) is 0.289. The third-order valence-electron chi connectivity index (χ3n) is 4.36. The molecular formula is C21H16N4O4. The molecule has 0 spiro atoms. The van der Waals surface area contributed by atoms with Gasteiger partial charge < -0.3 is 14.9 Å². The number of nitro groups is 1. The van der Waals surface area contributed by atoms with Crippen molar-refractivity contribution in [2.45, 2.75) is 6.92 Å². The van der Waals surface area contributed by atoms with Gasteiger partial charge in [0, 0.05) is 17.7 Å². The van der Waals surface area contributed by atoms with Gasteiger partial charge >= 0.3 is 11.8 Å². The second-order valence-electron chi connectivity index (χ2n) is 6.22. The molecule has 0 atom stereocenters. The molecule has 0 aliphatic carbocycles. The third kappa shape index (κ3) is 3.55. The van der Waals surface area contributed by atoms with Crippen molar-refractivity contribution >= 4 is 22.6 Å². The molecule has 2 aromatic heterocycles. The Hall–Kier alpha value is -4.07. The van der Waals surface area contributed by atoms with Crippen molar-refractivity contribution in [3.8, 4) is 17.1 Å². The van der Waals surface area contributed by atoms with Gasteiger partial charge in [-0.25, -0.2) is 4.79 Å². The fourth-order valence-electron chi connectivity index (χ4n) is 3.05. The summed E-state index contributed by atoms with van der Waals surface area (Å²) in [5, 5.41) is 17.5. The Balaban J connectivity index is 1.90. The highest BCUT2D eigenvalue weighted by Crippen LogP contribution is 2.28. The molecule has 0 fully saturated rings. The van der Waals surface area contributed by atoms with Crippen LogP contribution < -0.4 is 0 Å². The summed E-state index contributed by atoms with van der Waals surface area (Å²) in [5.74, 6) is -0.642. The number of hydrogen-bond donors (Lipinski definition) is 0. The SMILES string of the molecule is CCOC(=O)c1cc(-c2ccc3ccccc3c2)n(-c2cccc([N+](=O)[O-])n2)n1. The Kier molecular flexibility index (Phi) is 4.74. The number of carbonyl (C=O) groups excluding carboxylic acids is 1. The normalized spacial score (nSPS) is 10.8. The summed E-state index contributed by atoms with van der Waals surface area (Å²) in [6.45, 7) is 1.92. The van der Waals surface area contributed by atoms with Crippen molar-refractivity contribution in [3.05, 3.63) is 82.5 Å². The van der Waals surface area contributed by atoms with Crippen LogP contribution in [0.15, 0.2) is 66.7 Å². The fraction of sp³-hybridized carbons (Fsp3) is 0.0952. The Labute approximate surface area is 165 Å². The van der Waals surface area contributed by atoms with Gasteiger partial charge in [-0.15, -0.1) is 0 Å². The molecule has 0 aliphatic rings. The fourth-order valence-corrected chi connectivity index (χ4v) is 3.05. The van der Waals surface area contributed by atoms with Crippen molar-refractivity contribution < 1.29 is 14.5 Å². The molecule has 4 rings (SSSR count). The Morgan fingerprint density at radius 3 is 2.62 bits per heavy atom. The van der Waals surface area contributed by atoms with Crippen LogP contribution in [0.3, 0.4) is 0 Å². The lowest BCUT2D eigenvalue weighted by atomic mass is 10.0. The zero-order valence-corrected chi connectivity index (χ0v) is 15.5. The molecule has 4 aromatic rings. The molecule has 0 unspecified atom stereocenters. The molecule has 0 bridgehead atoms. The van der Waals surface area contributed by atoms with Gasteiger partial charge in [0.2, 0.25) is 0 Å². The molecular weight excluding hydrogens is 372 g/mol. The van der Waals surface area contributed by atoms with E-state index in [0.717, 1.165) is 16.3 Å². The number of benzene rings is 2. The number of nitrogens with zero attached hydrogens (tertiary/aromatic N) is 4. The topological polar surface area (TPSA) is 100 Å². The first-order chi connectivity index (χ1) is 14.1. The van der Waals surface area contributed by atoms with E-state index >= 15 is 0 Å². The Morgan fingerprint density at radius 2 is 1.86 bits per heavy atom. The molecule has 0 saturated carbocycles. The largest absolute Gasteiger partial charge is 0.461 e. The lowest BCUT2D eigenvalue weighted by Gasteiger charge is -2.06. The van der Waals surface area contributed by atoms with Gasteiger partial charge in [0.05, 0.1) is 12.3 Å². The highest BCUT2D eigenvalue weighted by molar-refractivity contribution is 5.91. The van der Waals surface area contributed by atoms with Gasteiger partial charge in [-0.05, 0) is 45.8 Å². The van der Waals surface area contributed by atoms with E-state index in [0.29, 0.717) is 5.69 Å². The van der Waals surface area contributed by atoms with E-state index in [2.05, 4.69) is 10.1 Å². The molecule has 0 aliphatic heterocycles. The molecule has 2 heterocycles. The maximum Gasteiger partial charge on any atom is 0.365 e. The predicted molar refractivity (Wildman–Crippen MR) is 107 cm³/mol. The first-order valence-electron chi connectivity index (χ1n) is 8.95. The molecule has 0 saturated heterocycles. The number of hydrogen-bond acceptors (Lipinski definition) is 6. The first-order valence-corrected chi connectivity index (χ1v) is 8.95. The van der Waals surface area contributed by atoms with Crippen LogP contribution in [0.2, 0.25) is 0 Å². The van der Waals surface area contributed by atoms with Gasteiger partial charge in [-0.3, -0.25) is 0 Å². The molecule has 8 nitrogen and oxygen atoms in total. The lowest BCUT2D eigenvalue weighted by Crippen LogP contribution is -2.08. The van der Waals surface area contributed by atoms with E-state index < -0.39 is 10.9 Å². The van der Waals surface area contributed by atoms with Crippen LogP contribution in [0.5, 0.6) is 0 Å². The summed E-state index contributed by atoms with van der Waals surface area (Å²) in [7, 11) is 0. The van der Waals surface area contributed by atoms with Crippen LogP contribution in [0.4, 0.5) is 5.82 Å². The first kappa shape index (κ1) is 18.3. The van der Waals surface area contributed by atoms with E-state index in [1.165, 1.54) is 16.8 Å². The van der Waals surface area contributed by atoms with Crippen molar-refractivity contribution in [1.29, 1.82) is 0 Å².